The Bertz CT molecular complexity index is 546. The van der Waals surface area contributed by atoms with Crippen LogP contribution in [0.1, 0.15) is 6.92 Å². The van der Waals surface area contributed by atoms with Crippen molar-refractivity contribution < 1.29 is 13.2 Å². The van der Waals surface area contributed by atoms with E-state index in [2.05, 4.69) is 9.97 Å². The molecule has 8 heteroatoms. The molecular formula is C10H16N4O3S. The van der Waals surface area contributed by atoms with Gasteiger partial charge in [-0.2, -0.15) is 0 Å². The molecule has 0 radical (unpaired) electrons. The summed E-state index contributed by atoms with van der Waals surface area (Å²) < 4.78 is 28.3. The Kier molecular flexibility index (Phi) is 3.29. The molecule has 2 heterocycles. The van der Waals surface area contributed by atoms with E-state index in [4.69, 9.17) is 10.5 Å². The van der Waals surface area contributed by atoms with Crippen LogP contribution in [0, 0.1) is 0 Å². The molecule has 1 fully saturated rings. The van der Waals surface area contributed by atoms with E-state index in [0.29, 0.717) is 18.1 Å². The Balaban J connectivity index is 2.36. The standard InChI is InChI=1S/C10H16N4O3S/c1-7-5-18(15,16)4-3-14(7)10-8(17-2)9(11)12-6-13-10/h6-7H,3-5H2,1-2H3,(H2,11,12,13). The third kappa shape index (κ3) is 2.33. The zero-order chi connectivity index (χ0) is 13.3. The van der Waals surface area contributed by atoms with Crippen LogP contribution in [0.3, 0.4) is 0 Å². The summed E-state index contributed by atoms with van der Waals surface area (Å²) in [6.45, 7) is 2.23. The number of aromatic nitrogens is 2. The zero-order valence-electron chi connectivity index (χ0n) is 10.3. The topological polar surface area (TPSA) is 98.4 Å². The highest BCUT2D eigenvalue weighted by atomic mass is 32.2. The minimum atomic E-state index is -2.96. The second-order valence-electron chi connectivity index (χ2n) is 4.27. The number of hydrogen-bond donors (Lipinski definition) is 1. The number of methoxy groups -OCH3 is 1. The number of ether oxygens (including phenoxy) is 1. The van der Waals surface area contributed by atoms with Crippen LogP contribution in [0.25, 0.3) is 0 Å². The van der Waals surface area contributed by atoms with Crippen molar-refractivity contribution in [2.45, 2.75) is 13.0 Å². The normalized spacial score (nSPS) is 22.8. The van der Waals surface area contributed by atoms with E-state index >= 15 is 0 Å². The van der Waals surface area contributed by atoms with Gasteiger partial charge in [0.25, 0.3) is 0 Å². The first-order valence-electron chi connectivity index (χ1n) is 5.56. The summed E-state index contributed by atoms with van der Waals surface area (Å²) in [4.78, 5) is 9.89. The lowest BCUT2D eigenvalue weighted by Crippen LogP contribution is -2.47. The maximum absolute atomic E-state index is 11.5. The minimum absolute atomic E-state index is 0.111. The Labute approximate surface area is 106 Å². The molecule has 1 unspecified atom stereocenters. The quantitative estimate of drug-likeness (QED) is 0.788. The van der Waals surface area contributed by atoms with E-state index in [0.717, 1.165) is 0 Å². The fourth-order valence-electron chi connectivity index (χ4n) is 2.09. The van der Waals surface area contributed by atoms with Crippen LogP contribution in [0.4, 0.5) is 11.6 Å². The molecule has 100 valence electrons. The van der Waals surface area contributed by atoms with Crippen molar-refractivity contribution in [1.82, 2.24) is 9.97 Å². The highest BCUT2D eigenvalue weighted by Gasteiger charge is 2.31. The lowest BCUT2D eigenvalue weighted by molar-refractivity contribution is 0.411. The lowest BCUT2D eigenvalue weighted by atomic mass is 10.3. The molecule has 0 saturated carbocycles. The SMILES string of the molecule is COc1c(N)ncnc1N1CCS(=O)(=O)CC1C. The Hall–Kier alpha value is -1.57. The fourth-order valence-corrected chi connectivity index (χ4v) is 3.65. The van der Waals surface area contributed by atoms with E-state index in [-0.39, 0.29) is 23.4 Å². The second-order valence-corrected chi connectivity index (χ2v) is 6.50. The number of rotatable bonds is 2. The van der Waals surface area contributed by atoms with E-state index in [1.54, 1.807) is 0 Å². The number of nitrogens with two attached hydrogens (primary N) is 1. The van der Waals surface area contributed by atoms with Crippen LogP contribution in [-0.4, -0.2) is 49.6 Å². The van der Waals surface area contributed by atoms with Gasteiger partial charge in [-0.05, 0) is 6.92 Å². The van der Waals surface area contributed by atoms with Crippen LogP contribution >= 0.6 is 0 Å². The second kappa shape index (κ2) is 4.60. The van der Waals surface area contributed by atoms with Crippen molar-refractivity contribution in [3.63, 3.8) is 0 Å². The lowest BCUT2D eigenvalue weighted by Gasteiger charge is -2.34. The van der Waals surface area contributed by atoms with E-state index in [9.17, 15) is 8.42 Å². The molecule has 1 aliphatic rings. The number of hydrogen-bond acceptors (Lipinski definition) is 7. The van der Waals surface area contributed by atoms with Crippen LogP contribution < -0.4 is 15.4 Å². The van der Waals surface area contributed by atoms with Crippen molar-refractivity contribution in [3.05, 3.63) is 6.33 Å². The first-order chi connectivity index (χ1) is 8.44. The monoisotopic (exact) mass is 272 g/mol. The Morgan fingerprint density at radius 2 is 2.22 bits per heavy atom. The molecule has 0 bridgehead atoms. The van der Waals surface area contributed by atoms with Gasteiger partial charge in [-0.3, -0.25) is 0 Å². The third-order valence-electron chi connectivity index (χ3n) is 2.96. The molecule has 1 saturated heterocycles. The largest absolute Gasteiger partial charge is 0.490 e. The Morgan fingerprint density at radius 3 is 2.83 bits per heavy atom. The molecular weight excluding hydrogens is 256 g/mol. The number of nitrogens with zero attached hydrogens (tertiary/aromatic N) is 3. The van der Waals surface area contributed by atoms with Gasteiger partial charge in [0.05, 0.1) is 18.6 Å². The van der Waals surface area contributed by atoms with Gasteiger partial charge < -0.3 is 15.4 Å². The molecule has 0 amide bonds. The first-order valence-corrected chi connectivity index (χ1v) is 7.38. The summed E-state index contributed by atoms with van der Waals surface area (Å²) in [6, 6.07) is -0.160. The maximum atomic E-state index is 11.5. The molecule has 1 aromatic rings. The summed E-state index contributed by atoms with van der Waals surface area (Å²) in [6.07, 6.45) is 1.35. The molecule has 0 aliphatic carbocycles. The summed E-state index contributed by atoms with van der Waals surface area (Å²) in [5, 5.41) is 0. The van der Waals surface area contributed by atoms with Crippen LogP contribution in [0.15, 0.2) is 6.33 Å². The first kappa shape index (κ1) is 12.9. The smallest absolute Gasteiger partial charge is 0.204 e. The molecule has 18 heavy (non-hydrogen) atoms. The van der Waals surface area contributed by atoms with Gasteiger partial charge in [0.2, 0.25) is 5.75 Å². The average Bonchev–Trinajstić information content (AvgIpc) is 2.27. The van der Waals surface area contributed by atoms with Crippen molar-refractivity contribution in [2.24, 2.45) is 0 Å². The molecule has 1 aliphatic heterocycles. The van der Waals surface area contributed by atoms with Crippen LogP contribution in [-0.2, 0) is 9.84 Å². The number of anilines is 2. The van der Waals surface area contributed by atoms with Gasteiger partial charge in [0.1, 0.15) is 6.33 Å². The zero-order valence-corrected chi connectivity index (χ0v) is 11.1. The molecule has 0 spiro atoms. The molecule has 1 aromatic heterocycles. The van der Waals surface area contributed by atoms with Crippen molar-refractivity contribution >= 4 is 21.5 Å². The van der Waals surface area contributed by atoms with Crippen LogP contribution in [0.5, 0.6) is 5.75 Å². The minimum Gasteiger partial charge on any atom is -0.490 e. The number of sulfone groups is 1. The van der Waals surface area contributed by atoms with E-state index in [1.807, 2.05) is 11.8 Å². The number of nitrogen functional groups attached to an aromatic ring is 1. The maximum Gasteiger partial charge on any atom is 0.204 e. The summed E-state index contributed by atoms with van der Waals surface area (Å²) in [5.41, 5.74) is 5.72. The predicted molar refractivity (Wildman–Crippen MR) is 68.5 cm³/mol. The third-order valence-corrected chi connectivity index (χ3v) is 4.75. The molecule has 7 nitrogen and oxygen atoms in total. The fraction of sp³-hybridized carbons (Fsp3) is 0.600. The summed E-state index contributed by atoms with van der Waals surface area (Å²) >= 11 is 0. The van der Waals surface area contributed by atoms with Crippen molar-refractivity contribution in [3.8, 4) is 5.75 Å². The van der Waals surface area contributed by atoms with E-state index in [1.165, 1.54) is 13.4 Å². The molecule has 0 aromatic carbocycles. The Morgan fingerprint density at radius 1 is 1.50 bits per heavy atom. The van der Waals surface area contributed by atoms with Gasteiger partial charge in [-0.15, -0.1) is 0 Å². The summed E-state index contributed by atoms with van der Waals surface area (Å²) in [5.74, 6) is 1.42. The van der Waals surface area contributed by atoms with Gasteiger partial charge in [0.15, 0.2) is 21.5 Å². The van der Waals surface area contributed by atoms with Crippen molar-refractivity contribution in [1.29, 1.82) is 0 Å². The highest BCUT2D eigenvalue weighted by molar-refractivity contribution is 7.91. The summed E-state index contributed by atoms with van der Waals surface area (Å²) in [7, 11) is -1.47. The van der Waals surface area contributed by atoms with Gasteiger partial charge in [-0.1, -0.05) is 0 Å². The van der Waals surface area contributed by atoms with Gasteiger partial charge in [0, 0.05) is 12.6 Å². The molecule has 1 atom stereocenters. The molecule has 2 rings (SSSR count). The average molecular weight is 272 g/mol. The van der Waals surface area contributed by atoms with E-state index < -0.39 is 9.84 Å². The van der Waals surface area contributed by atoms with Gasteiger partial charge >= 0.3 is 0 Å². The molecule has 2 N–H and O–H groups in total. The van der Waals surface area contributed by atoms with Crippen molar-refractivity contribution in [2.75, 3.05) is 35.8 Å². The van der Waals surface area contributed by atoms with Crippen LogP contribution in [0.2, 0.25) is 0 Å². The predicted octanol–water partition coefficient (Wildman–Crippen LogP) is -0.309. The van der Waals surface area contributed by atoms with Gasteiger partial charge in [-0.25, -0.2) is 18.4 Å². The highest BCUT2D eigenvalue weighted by Crippen LogP contribution is 2.32.